The normalized spacial score (nSPS) is 30.8. The van der Waals surface area contributed by atoms with Crippen molar-refractivity contribution >= 4 is 10.1 Å². The summed E-state index contributed by atoms with van der Waals surface area (Å²) in [5, 5.41) is 0. The van der Waals surface area contributed by atoms with E-state index in [1.54, 1.807) is 0 Å². The van der Waals surface area contributed by atoms with Crippen LogP contribution in [0.5, 0.6) is 0 Å². The summed E-state index contributed by atoms with van der Waals surface area (Å²) >= 11 is 0. The largest absolute Gasteiger partial charge is 0.367 e. The third-order valence-electron chi connectivity index (χ3n) is 3.56. The molecule has 1 aromatic rings. The predicted octanol–water partition coefficient (Wildman–Crippen LogP) is 1.81. The van der Waals surface area contributed by atoms with Crippen molar-refractivity contribution in [1.82, 2.24) is 0 Å². The van der Waals surface area contributed by atoms with E-state index in [2.05, 4.69) is 6.07 Å². The monoisotopic (exact) mass is 268 g/mol. The van der Waals surface area contributed by atoms with Gasteiger partial charge in [0.1, 0.15) is 12.2 Å². The molecule has 2 bridgehead atoms. The molecule has 2 heterocycles. The maximum atomic E-state index is 11.3. The number of rotatable bonds is 2. The zero-order valence-corrected chi connectivity index (χ0v) is 11.0. The van der Waals surface area contributed by atoms with Crippen molar-refractivity contribution in [3.8, 4) is 0 Å². The zero-order valence-electron chi connectivity index (χ0n) is 10.2. The fraction of sp³-hybridized carbons (Fsp3) is 0.538. The minimum Gasteiger partial charge on any atom is -0.367 e. The van der Waals surface area contributed by atoms with Crippen LogP contribution in [0, 0.1) is 0 Å². The highest BCUT2D eigenvalue weighted by atomic mass is 32.2. The summed E-state index contributed by atoms with van der Waals surface area (Å²) in [6.45, 7) is 0. The van der Waals surface area contributed by atoms with Gasteiger partial charge in [-0.1, -0.05) is 24.3 Å². The van der Waals surface area contributed by atoms with Crippen LogP contribution in [-0.2, 0) is 25.5 Å². The fourth-order valence-corrected chi connectivity index (χ4v) is 3.50. The maximum Gasteiger partial charge on any atom is 0.264 e. The molecule has 2 aliphatic rings. The highest BCUT2D eigenvalue weighted by Gasteiger charge is 2.39. The SMILES string of the molecule is CS(=O)(=O)O[C@H]1CC[C@H]2Cc3ccccc3[C@@H]1O2. The fourth-order valence-electron chi connectivity index (χ4n) is 2.85. The van der Waals surface area contributed by atoms with Crippen molar-refractivity contribution in [2.24, 2.45) is 0 Å². The second-order valence-corrected chi connectivity index (χ2v) is 6.60. The number of hydrogen-bond donors (Lipinski definition) is 0. The molecule has 18 heavy (non-hydrogen) atoms. The molecule has 1 aromatic carbocycles. The van der Waals surface area contributed by atoms with Crippen molar-refractivity contribution in [3.63, 3.8) is 0 Å². The average Bonchev–Trinajstić information content (AvgIpc) is 2.31. The Morgan fingerprint density at radius 1 is 1.28 bits per heavy atom. The van der Waals surface area contributed by atoms with E-state index in [0.717, 1.165) is 31.1 Å². The van der Waals surface area contributed by atoms with Gasteiger partial charge < -0.3 is 4.74 Å². The van der Waals surface area contributed by atoms with E-state index < -0.39 is 16.2 Å². The van der Waals surface area contributed by atoms with Gasteiger partial charge in [-0.15, -0.1) is 0 Å². The molecule has 4 nitrogen and oxygen atoms in total. The van der Waals surface area contributed by atoms with E-state index in [-0.39, 0.29) is 12.2 Å². The predicted molar refractivity (Wildman–Crippen MR) is 66.7 cm³/mol. The van der Waals surface area contributed by atoms with Crippen LogP contribution >= 0.6 is 0 Å². The quantitative estimate of drug-likeness (QED) is 0.768. The van der Waals surface area contributed by atoms with Gasteiger partial charge in [0.15, 0.2) is 0 Å². The zero-order chi connectivity index (χ0) is 12.8. The summed E-state index contributed by atoms with van der Waals surface area (Å²) in [4.78, 5) is 0. The van der Waals surface area contributed by atoms with Gasteiger partial charge in [-0.25, -0.2) is 0 Å². The molecule has 3 atom stereocenters. The van der Waals surface area contributed by atoms with Gasteiger partial charge in [0.2, 0.25) is 0 Å². The van der Waals surface area contributed by atoms with Gasteiger partial charge in [0.25, 0.3) is 10.1 Å². The van der Waals surface area contributed by atoms with Crippen LogP contribution in [-0.4, -0.2) is 26.9 Å². The molecule has 0 radical (unpaired) electrons. The first-order valence-electron chi connectivity index (χ1n) is 6.14. The van der Waals surface area contributed by atoms with Crippen molar-refractivity contribution < 1.29 is 17.3 Å². The van der Waals surface area contributed by atoms with Crippen LogP contribution in [0.15, 0.2) is 24.3 Å². The molecule has 0 aliphatic carbocycles. The van der Waals surface area contributed by atoms with Gasteiger partial charge in [0, 0.05) is 0 Å². The van der Waals surface area contributed by atoms with Crippen LogP contribution in [0.1, 0.15) is 30.1 Å². The minimum atomic E-state index is -3.44. The number of fused-ring (bicyclic) bond motifs is 4. The molecule has 1 fully saturated rings. The summed E-state index contributed by atoms with van der Waals surface area (Å²) in [5.74, 6) is 0. The van der Waals surface area contributed by atoms with Crippen LogP contribution in [0.25, 0.3) is 0 Å². The minimum absolute atomic E-state index is 0.198. The Morgan fingerprint density at radius 2 is 2.06 bits per heavy atom. The molecule has 0 saturated carbocycles. The summed E-state index contributed by atoms with van der Waals surface area (Å²) in [6.07, 6.45) is 3.15. The van der Waals surface area contributed by atoms with Crippen molar-refractivity contribution in [2.75, 3.05) is 6.26 Å². The van der Waals surface area contributed by atoms with E-state index in [1.807, 2.05) is 18.2 Å². The summed E-state index contributed by atoms with van der Waals surface area (Å²) in [5.41, 5.74) is 2.32. The van der Waals surface area contributed by atoms with E-state index in [0.29, 0.717) is 0 Å². The number of benzene rings is 1. The molecule has 0 amide bonds. The number of ether oxygens (including phenoxy) is 1. The van der Waals surface area contributed by atoms with Crippen molar-refractivity contribution in [2.45, 2.75) is 37.6 Å². The van der Waals surface area contributed by atoms with Crippen LogP contribution in [0.4, 0.5) is 0 Å². The van der Waals surface area contributed by atoms with Crippen LogP contribution in [0.2, 0.25) is 0 Å². The van der Waals surface area contributed by atoms with Gasteiger partial charge >= 0.3 is 0 Å². The highest BCUT2D eigenvalue weighted by molar-refractivity contribution is 7.86. The third kappa shape index (κ3) is 2.30. The third-order valence-corrected chi connectivity index (χ3v) is 4.15. The topological polar surface area (TPSA) is 52.6 Å². The average molecular weight is 268 g/mol. The molecule has 3 rings (SSSR count). The highest BCUT2D eigenvalue weighted by Crippen LogP contribution is 2.40. The lowest BCUT2D eigenvalue weighted by molar-refractivity contribution is -0.118. The lowest BCUT2D eigenvalue weighted by atomic mass is 9.85. The molecule has 0 unspecified atom stereocenters. The van der Waals surface area contributed by atoms with Gasteiger partial charge in [-0.05, 0) is 30.4 Å². The molecule has 0 N–H and O–H groups in total. The van der Waals surface area contributed by atoms with Gasteiger partial charge in [-0.3, -0.25) is 4.18 Å². The van der Waals surface area contributed by atoms with E-state index >= 15 is 0 Å². The number of hydrogen-bond acceptors (Lipinski definition) is 4. The van der Waals surface area contributed by atoms with E-state index in [9.17, 15) is 8.42 Å². The summed E-state index contributed by atoms with van der Waals surface area (Å²) in [7, 11) is -3.44. The van der Waals surface area contributed by atoms with Gasteiger partial charge in [0.05, 0.1) is 12.4 Å². The van der Waals surface area contributed by atoms with E-state index in [4.69, 9.17) is 8.92 Å². The van der Waals surface area contributed by atoms with Gasteiger partial charge in [-0.2, -0.15) is 8.42 Å². The molecule has 98 valence electrons. The Hall–Kier alpha value is -0.910. The Labute approximate surface area is 107 Å². The first-order chi connectivity index (χ1) is 8.53. The first-order valence-corrected chi connectivity index (χ1v) is 7.96. The standard InChI is InChI=1S/C13H16O4S/c1-18(14,15)17-12-7-6-10-8-9-4-2-3-5-11(9)13(12)16-10/h2-5,10,12-13H,6-8H2,1H3/t10-,12-,13-/m0/s1. The summed E-state index contributed by atoms with van der Waals surface area (Å²) in [6, 6.07) is 8.04. The first kappa shape index (κ1) is 12.1. The molecular weight excluding hydrogens is 252 g/mol. The second kappa shape index (κ2) is 4.33. The van der Waals surface area contributed by atoms with Crippen LogP contribution in [0.3, 0.4) is 0 Å². The Kier molecular flexibility index (Phi) is 2.92. The molecule has 2 aliphatic heterocycles. The second-order valence-electron chi connectivity index (χ2n) is 5.00. The Balaban J connectivity index is 1.94. The molecular formula is C13H16O4S. The molecule has 5 heteroatoms. The Morgan fingerprint density at radius 3 is 2.83 bits per heavy atom. The summed E-state index contributed by atoms with van der Waals surface area (Å²) < 4.78 is 33.7. The lowest BCUT2D eigenvalue weighted by Gasteiger charge is -2.40. The van der Waals surface area contributed by atoms with E-state index in [1.165, 1.54) is 5.56 Å². The molecule has 0 spiro atoms. The Bertz CT molecular complexity index is 552. The smallest absolute Gasteiger partial charge is 0.264 e. The lowest BCUT2D eigenvalue weighted by Crippen LogP contribution is -2.40. The molecule has 1 saturated heterocycles. The van der Waals surface area contributed by atoms with Crippen molar-refractivity contribution in [1.29, 1.82) is 0 Å². The van der Waals surface area contributed by atoms with Crippen LogP contribution < -0.4 is 0 Å². The van der Waals surface area contributed by atoms with Crippen molar-refractivity contribution in [3.05, 3.63) is 35.4 Å². The maximum absolute atomic E-state index is 11.3. The molecule has 0 aromatic heterocycles.